The third-order valence-electron chi connectivity index (χ3n) is 1.29. The molecule has 1 aromatic rings. The van der Waals surface area contributed by atoms with Gasteiger partial charge >= 0.3 is 0 Å². The van der Waals surface area contributed by atoms with E-state index in [1.54, 1.807) is 7.05 Å². The Kier molecular flexibility index (Phi) is 2.78. The monoisotopic (exact) mass is 206 g/mol. The molecule has 3 N–H and O–H groups in total. The molecule has 0 unspecified atom stereocenters. The minimum Gasteiger partial charge on any atom is -0.352 e. The van der Waals surface area contributed by atoms with Gasteiger partial charge in [0.25, 0.3) is 0 Å². The van der Waals surface area contributed by atoms with E-state index in [0.717, 1.165) is 0 Å². The number of nitrogens with zero attached hydrogens (tertiary/aromatic N) is 4. The van der Waals surface area contributed by atoms with E-state index in [9.17, 15) is 8.42 Å². The number of sulfonamides is 1. The van der Waals surface area contributed by atoms with Crippen molar-refractivity contribution in [2.75, 3.05) is 17.6 Å². The molecule has 0 saturated carbocycles. The average Bonchev–Trinajstić information content (AvgIpc) is 2.34. The summed E-state index contributed by atoms with van der Waals surface area (Å²) in [5, 5.41) is 18.0. The first-order valence-electron chi connectivity index (χ1n) is 3.46. The molecule has 0 aliphatic heterocycles. The summed E-state index contributed by atoms with van der Waals surface area (Å²) in [6.45, 7) is 0.188. The molecule has 1 rings (SSSR count). The highest BCUT2D eigenvalue weighted by Gasteiger charge is 2.04. The molecular formula is C4H10N6O2S. The first-order valence-corrected chi connectivity index (χ1v) is 5.17. The molecule has 9 heteroatoms. The molecule has 0 atom stereocenters. The zero-order chi connectivity index (χ0) is 9.90. The van der Waals surface area contributed by atoms with Crippen LogP contribution >= 0.6 is 0 Å². The van der Waals surface area contributed by atoms with Gasteiger partial charge in [-0.25, -0.2) is 18.2 Å². The number of tetrazole rings is 1. The standard InChI is InChI=1S/C4H10N6O2S/c1-10-4(7-8-9-10)6-2-3-13(5,11)12/h2-3H2,1H3,(H2,5,11,12)(H,6,7,9). The second-order valence-electron chi connectivity index (χ2n) is 2.42. The number of hydrogen-bond acceptors (Lipinski definition) is 6. The highest BCUT2D eigenvalue weighted by atomic mass is 32.2. The maximum Gasteiger partial charge on any atom is 0.242 e. The summed E-state index contributed by atoms with van der Waals surface area (Å²) in [5.74, 6) is 0.253. The van der Waals surface area contributed by atoms with E-state index in [2.05, 4.69) is 20.8 Å². The quantitative estimate of drug-likeness (QED) is 0.583. The third-order valence-corrected chi connectivity index (χ3v) is 2.06. The maximum atomic E-state index is 10.5. The molecule has 0 amide bonds. The number of aryl methyl sites for hydroxylation is 1. The van der Waals surface area contributed by atoms with Gasteiger partial charge in [-0.1, -0.05) is 5.10 Å². The highest BCUT2D eigenvalue weighted by molar-refractivity contribution is 7.89. The molecule has 1 heterocycles. The van der Waals surface area contributed by atoms with Crippen molar-refractivity contribution < 1.29 is 8.42 Å². The van der Waals surface area contributed by atoms with Crippen LogP contribution in [0.25, 0.3) is 0 Å². The third kappa shape index (κ3) is 3.34. The molecule has 13 heavy (non-hydrogen) atoms. The van der Waals surface area contributed by atoms with E-state index < -0.39 is 10.0 Å². The summed E-state index contributed by atoms with van der Waals surface area (Å²) in [6, 6.07) is 0. The van der Waals surface area contributed by atoms with E-state index in [1.165, 1.54) is 4.68 Å². The summed E-state index contributed by atoms with van der Waals surface area (Å²) in [4.78, 5) is 0. The lowest BCUT2D eigenvalue weighted by Gasteiger charge is -2.01. The molecule has 8 nitrogen and oxygen atoms in total. The Morgan fingerprint density at radius 1 is 1.62 bits per heavy atom. The van der Waals surface area contributed by atoms with Crippen LogP contribution in [-0.4, -0.2) is 40.9 Å². The zero-order valence-corrected chi connectivity index (χ0v) is 7.82. The number of aromatic nitrogens is 4. The molecule has 0 saturated heterocycles. The van der Waals surface area contributed by atoms with Crippen LogP contribution in [0.15, 0.2) is 0 Å². The number of nitrogens with one attached hydrogen (secondary N) is 1. The minimum atomic E-state index is -3.43. The Hall–Kier alpha value is -1.22. The summed E-state index contributed by atoms with van der Waals surface area (Å²) >= 11 is 0. The number of rotatable bonds is 4. The van der Waals surface area contributed by atoms with Gasteiger partial charge < -0.3 is 5.32 Å². The van der Waals surface area contributed by atoms with E-state index in [-0.39, 0.29) is 12.3 Å². The number of anilines is 1. The summed E-state index contributed by atoms with van der Waals surface area (Å²) < 4.78 is 22.4. The Morgan fingerprint density at radius 2 is 2.31 bits per heavy atom. The number of hydrogen-bond donors (Lipinski definition) is 2. The van der Waals surface area contributed by atoms with Crippen molar-refractivity contribution in [3.63, 3.8) is 0 Å². The predicted octanol–water partition coefficient (Wildman–Crippen LogP) is -2.09. The Balaban J connectivity index is 2.41. The maximum absolute atomic E-state index is 10.5. The smallest absolute Gasteiger partial charge is 0.242 e. The molecule has 0 spiro atoms. The second-order valence-corrected chi connectivity index (χ2v) is 4.15. The molecule has 74 valence electrons. The van der Waals surface area contributed by atoms with Crippen LogP contribution in [0.3, 0.4) is 0 Å². The van der Waals surface area contributed by atoms with Gasteiger partial charge in [-0.15, -0.1) is 0 Å². The van der Waals surface area contributed by atoms with Crippen molar-refractivity contribution in [1.82, 2.24) is 20.2 Å². The summed E-state index contributed by atoms with van der Waals surface area (Å²) in [7, 11) is -1.79. The largest absolute Gasteiger partial charge is 0.352 e. The second kappa shape index (κ2) is 3.66. The minimum absolute atomic E-state index is 0.153. The van der Waals surface area contributed by atoms with Crippen LogP contribution in [0.4, 0.5) is 5.95 Å². The van der Waals surface area contributed by atoms with E-state index in [1.807, 2.05) is 0 Å². The first-order chi connectivity index (χ1) is 5.99. The molecule has 0 aromatic carbocycles. The average molecular weight is 206 g/mol. The molecule has 0 aliphatic carbocycles. The molecular weight excluding hydrogens is 196 g/mol. The predicted molar refractivity (Wildman–Crippen MR) is 45.3 cm³/mol. The van der Waals surface area contributed by atoms with Crippen molar-refractivity contribution in [1.29, 1.82) is 0 Å². The number of primary sulfonamides is 1. The van der Waals surface area contributed by atoms with E-state index in [4.69, 9.17) is 5.14 Å². The van der Waals surface area contributed by atoms with Crippen molar-refractivity contribution in [3.05, 3.63) is 0 Å². The van der Waals surface area contributed by atoms with Gasteiger partial charge in [-0.2, -0.15) is 0 Å². The van der Waals surface area contributed by atoms with Crippen LogP contribution in [-0.2, 0) is 17.1 Å². The fourth-order valence-electron chi connectivity index (χ4n) is 0.684. The SMILES string of the molecule is Cn1nnnc1NCCS(N)(=O)=O. The molecule has 1 aromatic heterocycles. The van der Waals surface area contributed by atoms with Crippen LogP contribution in [0.5, 0.6) is 0 Å². The zero-order valence-electron chi connectivity index (χ0n) is 7.01. The molecule has 0 bridgehead atoms. The highest BCUT2D eigenvalue weighted by Crippen LogP contribution is 1.94. The Bertz CT molecular complexity index is 370. The van der Waals surface area contributed by atoms with Gasteiger partial charge in [0.15, 0.2) is 0 Å². The van der Waals surface area contributed by atoms with Crippen molar-refractivity contribution in [2.45, 2.75) is 0 Å². The van der Waals surface area contributed by atoms with Crippen LogP contribution in [0.2, 0.25) is 0 Å². The lowest BCUT2D eigenvalue weighted by atomic mass is 10.7. The van der Waals surface area contributed by atoms with Gasteiger partial charge in [0.1, 0.15) is 0 Å². The van der Waals surface area contributed by atoms with Crippen LogP contribution in [0, 0.1) is 0 Å². The van der Waals surface area contributed by atoms with Gasteiger partial charge in [0, 0.05) is 13.6 Å². The lowest BCUT2D eigenvalue weighted by molar-refractivity contribution is 0.598. The molecule has 0 fully saturated rings. The molecule has 0 radical (unpaired) electrons. The summed E-state index contributed by atoms with van der Waals surface area (Å²) in [6.07, 6.45) is 0. The van der Waals surface area contributed by atoms with E-state index in [0.29, 0.717) is 5.95 Å². The van der Waals surface area contributed by atoms with Crippen LogP contribution in [0.1, 0.15) is 0 Å². The van der Waals surface area contributed by atoms with Crippen LogP contribution < -0.4 is 10.5 Å². The Morgan fingerprint density at radius 3 is 2.77 bits per heavy atom. The fraction of sp³-hybridized carbons (Fsp3) is 0.750. The number of nitrogens with two attached hydrogens (primary N) is 1. The fourth-order valence-corrected chi connectivity index (χ4v) is 1.07. The van der Waals surface area contributed by atoms with Gasteiger partial charge in [0.2, 0.25) is 16.0 Å². The van der Waals surface area contributed by atoms with Gasteiger partial charge in [-0.3, -0.25) is 0 Å². The lowest BCUT2D eigenvalue weighted by Crippen LogP contribution is -2.23. The van der Waals surface area contributed by atoms with Crippen molar-refractivity contribution >= 4 is 16.0 Å². The first kappa shape index (κ1) is 9.86. The topological polar surface area (TPSA) is 116 Å². The molecule has 0 aliphatic rings. The normalized spacial score (nSPS) is 11.5. The summed E-state index contributed by atoms with van der Waals surface area (Å²) in [5.41, 5.74) is 0. The van der Waals surface area contributed by atoms with Gasteiger partial charge in [-0.05, 0) is 10.4 Å². The van der Waals surface area contributed by atoms with Gasteiger partial charge in [0.05, 0.1) is 5.75 Å². The van der Waals surface area contributed by atoms with Crippen molar-refractivity contribution in [2.24, 2.45) is 12.2 Å². The van der Waals surface area contributed by atoms with Crippen molar-refractivity contribution in [3.8, 4) is 0 Å². The Labute approximate surface area is 75.2 Å². The van der Waals surface area contributed by atoms with E-state index >= 15 is 0 Å².